The predicted molar refractivity (Wildman–Crippen MR) is 59.2 cm³/mol. The maximum absolute atomic E-state index is 11.6. The third kappa shape index (κ3) is 2.94. The number of hydrogen-bond donors (Lipinski definition) is 0. The molecule has 82 valence electrons. The van der Waals surface area contributed by atoms with Gasteiger partial charge in [0.2, 0.25) is 0 Å². The molecule has 0 bridgehead atoms. The lowest BCUT2D eigenvalue weighted by molar-refractivity contribution is 0.350. The number of aromatic nitrogens is 2. The van der Waals surface area contributed by atoms with Gasteiger partial charge in [0.1, 0.15) is 0 Å². The fourth-order valence-electron chi connectivity index (χ4n) is 1.19. The van der Waals surface area contributed by atoms with Crippen molar-refractivity contribution in [1.29, 1.82) is 0 Å². The van der Waals surface area contributed by atoms with Gasteiger partial charge >= 0.3 is 0 Å². The normalized spacial score (nSPS) is 9.87. The van der Waals surface area contributed by atoms with Crippen LogP contribution >= 0.6 is 0 Å². The predicted octanol–water partition coefficient (Wildman–Crippen LogP) is 1.53. The summed E-state index contributed by atoms with van der Waals surface area (Å²) >= 11 is 0. The van der Waals surface area contributed by atoms with E-state index in [1.165, 1.54) is 17.7 Å². The highest BCUT2D eigenvalue weighted by molar-refractivity contribution is 5.08. The summed E-state index contributed by atoms with van der Waals surface area (Å²) < 4.78 is 6.56. The van der Waals surface area contributed by atoms with E-state index in [9.17, 15) is 4.79 Å². The molecule has 1 aromatic rings. The van der Waals surface area contributed by atoms with Crippen molar-refractivity contribution in [3.05, 3.63) is 33.8 Å². The van der Waals surface area contributed by atoms with Crippen LogP contribution < -0.4 is 10.3 Å². The minimum absolute atomic E-state index is 0.0862. The number of ether oxygens (including phenoxy) is 1. The molecule has 0 saturated heterocycles. The van der Waals surface area contributed by atoms with E-state index in [1.54, 1.807) is 6.92 Å². The molecule has 0 unspecified atom stereocenters. The van der Waals surface area contributed by atoms with Crippen LogP contribution in [0.2, 0.25) is 0 Å². The zero-order valence-electron chi connectivity index (χ0n) is 9.57. The fraction of sp³-hybridized carbons (Fsp3) is 0.455. The quantitative estimate of drug-likeness (QED) is 0.707. The molecule has 0 atom stereocenters. The van der Waals surface area contributed by atoms with Crippen molar-refractivity contribution in [1.82, 2.24) is 9.55 Å². The Morgan fingerprint density at radius 2 is 2.27 bits per heavy atom. The Labute approximate surface area is 89.2 Å². The lowest BCUT2D eigenvalue weighted by atomic mass is 10.3. The number of allylic oxidation sites excluding steroid dienone is 2. The molecule has 4 heteroatoms. The molecule has 4 nitrogen and oxygen atoms in total. The van der Waals surface area contributed by atoms with Gasteiger partial charge in [-0.3, -0.25) is 9.36 Å². The fourth-order valence-corrected chi connectivity index (χ4v) is 1.19. The first-order valence-electron chi connectivity index (χ1n) is 4.80. The molecule has 0 radical (unpaired) electrons. The van der Waals surface area contributed by atoms with Gasteiger partial charge in [-0.25, -0.2) is 4.98 Å². The zero-order valence-corrected chi connectivity index (χ0v) is 9.57. The van der Waals surface area contributed by atoms with Crippen LogP contribution in [0.3, 0.4) is 0 Å². The first kappa shape index (κ1) is 11.5. The van der Waals surface area contributed by atoms with Crippen molar-refractivity contribution in [3.8, 4) is 6.01 Å². The van der Waals surface area contributed by atoms with Gasteiger partial charge in [0.25, 0.3) is 11.6 Å². The minimum Gasteiger partial charge on any atom is -0.468 e. The molecule has 0 aliphatic carbocycles. The molecule has 0 saturated carbocycles. The van der Waals surface area contributed by atoms with Gasteiger partial charge in [0.05, 0.1) is 7.11 Å². The summed E-state index contributed by atoms with van der Waals surface area (Å²) in [7, 11) is 1.51. The van der Waals surface area contributed by atoms with Crippen LogP contribution in [-0.4, -0.2) is 16.7 Å². The Bertz CT molecular complexity index is 429. The summed E-state index contributed by atoms with van der Waals surface area (Å²) in [6.45, 7) is 6.24. The average Bonchev–Trinajstić information content (AvgIpc) is 2.14. The number of aryl methyl sites for hydroxylation is 1. The number of rotatable bonds is 3. The second-order valence-electron chi connectivity index (χ2n) is 3.61. The van der Waals surface area contributed by atoms with Crippen molar-refractivity contribution in [2.45, 2.75) is 27.3 Å². The topological polar surface area (TPSA) is 44.1 Å². The number of methoxy groups -OCH3 is 1. The lowest BCUT2D eigenvalue weighted by Gasteiger charge is -2.08. The Morgan fingerprint density at radius 1 is 1.60 bits per heavy atom. The van der Waals surface area contributed by atoms with Crippen molar-refractivity contribution in [2.75, 3.05) is 7.11 Å². The van der Waals surface area contributed by atoms with Gasteiger partial charge in [0, 0.05) is 18.3 Å². The average molecular weight is 208 g/mol. The van der Waals surface area contributed by atoms with Crippen LogP contribution in [0.15, 0.2) is 22.5 Å². The second kappa shape index (κ2) is 4.77. The van der Waals surface area contributed by atoms with Crippen LogP contribution in [0.25, 0.3) is 0 Å². The Kier molecular flexibility index (Phi) is 3.66. The van der Waals surface area contributed by atoms with Crippen molar-refractivity contribution >= 4 is 0 Å². The summed E-state index contributed by atoms with van der Waals surface area (Å²) in [5, 5.41) is 0. The molecule has 0 aromatic carbocycles. The van der Waals surface area contributed by atoms with E-state index in [1.807, 2.05) is 19.9 Å². The van der Waals surface area contributed by atoms with Crippen LogP contribution in [0, 0.1) is 6.92 Å². The molecule has 0 N–H and O–H groups in total. The molecule has 1 aromatic heterocycles. The van der Waals surface area contributed by atoms with E-state index in [2.05, 4.69) is 4.98 Å². The number of hydrogen-bond acceptors (Lipinski definition) is 3. The van der Waals surface area contributed by atoms with Gasteiger partial charge in [0.15, 0.2) is 0 Å². The summed E-state index contributed by atoms with van der Waals surface area (Å²) in [6.07, 6.45) is 1.96. The monoisotopic (exact) mass is 208 g/mol. The SMILES string of the molecule is COc1nc(C)cc(=O)n1CC=C(C)C. The first-order valence-corrected chi connectivity index (χ1v) is 4.80. The smallest absolute Gasteiger partial charge is 0.299 e. The second-order valence-corrected chi connectivity index (χ2v) is 3.61. The summed E-state index contributed by atoms with van der Waals surface area (Å²) in [6, 6.07) is 1.86. The van der Waals surface area contributed by atoms with Crippen molar-refractivity contribution < 1.29 is 4.74 Å². The zero-order chi connectivity index (χ0) is 11.4. The largest absolute Gasteiger partial charge is 0.468 e. The molecule has 15 heavy (non-hydrogen) atoms. The molecule has 0 aliphatic heterocycles. The highest BCUT2D eigenvalue weighted by atomic mass is 16.5. The standard InChI is InChI=1S/C11H16N2O2/c1-8(2)5-6-13-10(14)7-9(3)12-11(13)15-4/h5,7H,6H2,1-4H3. The molecule has 0 aliphatic rings. The molecule has 1 rings (SSSR count). The Morgan fingerprint density at radius 3 is 2.80 bits per heavy atom. The van der Waals surface area contributed by atoms with Crippen LogP contribution in [-0.2, 0) is 6.54 Å². The highest BCUT2D eigenvalue weighted by Crippen LogP contribution is 2.04. The van der Waals surface area contributed by atoms with E-state index in [0.717, 1.165) is 5.57 Å². The van der Waals surface area contributed by atoms with E-state index < -0.39 is 0 Å². The van der Waals surface area contributed by atoms with E-state index >= 15 is 0 Å². The molecule has 1 heterocycles. The third-order valence-corrected chi connectivity index (χ3v) is 1.97. The Hall–Kier alpha value is -1.58. The van der Waals surface area contributed by atoms with Gasteiger partial charge < -0.3 is 4.74 Å². The maximum atomic E-state index is 11.6. The van der Waals surface area contributed by atoms with Crippen molar-refractivity contribution in [3.63, 3.8) is 0 Å². The molecular formula is C11H16N2O2. The van der Waals surface area contributed by atoms with Crippen LogP contribution in [0.5, 0.6) is 6.01 Å². The molecule has 0 amide bonds. The summed E-state index contributed by atoms with van der Waals surface area (Å²) in [4.78, 5) is 15.8. The molecular weight excluding hydrogens is 192 g/mol. The summed E-state index contributed by atoms with van der Waals surface area (Å²) in [5.74, 6) is 0. The molecule has 0 spiro atoms. The lowest BCUT2D eigenvalue weighted by Crippen LogP contribution is -2.22. The van der Waals surface area contributed by atoms with Crippen LogP contribution in [0.4, 0.5) is 0 Å². The van der Waals surface area contributed by atoms with Gasteiger partial charge in [-0.05, 0) is 20.8 Å². The molecule has 0 fully saturated rings. The third-order valence-electron chi connectivity index (χ3n) is 1.97. The summed E-state index contributed by atoms with van der Waals surface area (Å²) in [5.41, 5.74) is 1.74. The maximum Gasteiger partial charge on any atom is 0.299 e. The van der Waals surface area contributed by atoms with Gasteiger partial charge in [-0.1, -0.05) is 11.6 Å². The highest BCUT2D eigenvalue weighted by Gasteiger charge is 2.05. The van der Waals surface area contributed by atoms with Crippen LogP contribution in [0.1, 0.15) is 19.5 Å². The minimum atomic E-state index is -0.0862. The van der Waals surface area contributed by atoms with E-state index in [-0.39, 0.29) is 5.56 Å². The van der Waals surface area contributed by atoms with E-state index in [0.29, 0.717) is 18.2 Å². The first-order chi connectivity index (χ1) is 7.04. The van der Waals surface area contributed by atoms with E-state index in [4.69, 9.17) is 4.74 Å². The number of nitrogens with zero attached hydrogens (tertiary/aromatic N) is 2. The van der Waals surface area contributed by atoms with Gasteiger partial charge in [-0.2, -0.15) is 0 Å². The van der Waals surface area contributed by atoms with Gasteiger partial charge in [-0.15, -0.1) is 0 Å². The van der Waals surface area contributed by atoms with Crippen molar-refractivity contribution in [2.24, 2.45) is 0 Å². The Balaban J connectivity index is 3.16.